The molecule has 10 rings (SSSR count). The van der Waals surface area contributed by atoms with Gasteiger partial charge in [-0.1, -0.05) is 167 Å². The Labute approximate surface area is 349 Å². The van der Waals surface area contributed by atoms with Crippen LogP contribution in [0.1, 0.15) is 97.7 Å². The van der Waals surface area contributed by atoms with E-state index in [9.17, 15) is 0 Å². The molecule has 2 aliphatic heterocycles. The van der Waals surface area contributed by atoms with Gasteiger partial charge in [0, 0.05) is 46.3 Å². The maximum Gasteiger partial charge on any atom is 0.144 e. The molecule has 0 saturated carbocycles. The topological polar surface area (TPSA) is 24.3 Å². The van der Waals surface area contributed by atoms with Gasteiger partial charge in [-0.25, -0.2) is 4.98 Å². The highest BCUT2D eigenvalue weighted by Crippen LogP contribution is 2.55. The monoisotopic (exact) mass is 768 g/mol. The van der Waals surface area contributed by atoms with Gasteiger partial charge in [-0.05, 0) is 84.0 Å². The first kappa shape index (κ1) is 36.9. The average Bonchev–Trinajstić information content (AvgIpc) is 3.85. The number of nitrogens with zero attached hydrogens (tertiary/aromatic N) is 4. The number of allylic oxidation sites excluding steroid dienone is 2. The van der Waals surface area contributed by atoms with Crippen LogP contribution in [-0.2, 0) is 6.42 Å². The van der Waals surface area contributed by atoms with Crippen molar-refractivity contribution in [1.82, 2.24) is 9.55 Å². The number of para-hydroxylation sites is 3. The second-order valence-corrected chi connectivity index (χ2v) is 17.2. The van der Waals surface area contributed by atoms with Crippen LogP contribution < -0.4 is 9.80 Å². The third-order valence-corrected chi connectivity index (χ3v) is 12.9. The van der Waals surface area contributed by atoms with E-state index in [1.165, 1.54) is 89.7 Å². The minimum atomic E-state index is 0.0611. The minimum Gasteiger partial charge on any atom is -0.318 e. The molecule has 3 heterocycles. The zero-order valence-corrected chi connectivity index (χ0v) is 35.0. The van der Waals surface area contributed by atoms with E-state index in [0.717, 1.165) is 18.7 Å². The highest BCUT2D eigenvalue weighted by Gasteiger charge is 2.44. The van der Waals surface area contributed by atoms with Crippen LogP contribution in [0.2, 0.25) is 0 Å². The van der Waals surface area contributed by atoms with Gasteiger partial charge in [0.25, 0.3) is 0 Å². The smallest absolute Gasteiger partial charge is 0.144 e. The van der Waals surface area contributed by atoms with E-state index in [-0.39, 0.29) is 6.17 Å². The standard InChI is InChI=1S/C55H52N4/c1-35(2)43-27-17-28-44(36(3)4)52(43)57-31-30-56-55(57)50-26-15-12-23-46(50)41-33-39(34-41)32-40-19-16-29-48-47-24-13-14-25-49(47)54-53(45-22-11-10-18-37(45)5)58(38(6)59(54)51(40)48)42-20-8-7-9-21-42/h7-31,33,35-36,38,41H,32,34H2,1-6H3. The molecule has 1 aliphatic carbocycles. The molecule has 0 saturated heterocycles. The largest absolute Gasteiger partial charge is 0.318 e. The van der Waals surface area contributed by atoms with Crippen LogP contribution in [0.5, 0.6) is 0 Å². The van der Waals surface area contributed by atoms with Crippen molar-refractivity contribution in [2.75, 3.05) is 9.80 Å². The molecule has 0 radical (unpaired) electrons. The van der Waals surface area contributed by atoms with Crippen LogP contribution in [-0.4, -0.2) is 15.7 Å². The fraction of sp³-hybridized carbons (Fsp3) is 0.218. The molecule has 0 amide bonds. The lowest BCUT2D eigenvalue weighted by atomic mass is 9.76. The van der Waals surface area contributed by atoms with E-state index in [2.05, 4.69) is 208 Å². The Morgan fingerprint density at radius 2 is 1.19 bits per heavy atom. The molecule has 4 nitrogen and oxygen atoms in total. The Balaban J connectivity index is 1.05. The molecule has 0 spiro atoms. The summed E-state index contributed by atoms with van der Waals surface area (Å²) < 4.78 is 2.35. The Morgan fingerprint density at radius 3 is 1.90 bits per heavy atom. The number of imidazole rings is 1. The molecule has 2 unspecified atom stereocenters. The number of rotatable bonds is 9. The van der Waals surface area contributed by atoms with Crippen LogP contribution in [0.4, 0.5) is 11.4 Å². The first-order valence-electron chi connectivity index (χ1n) is 21.4. The molecule has 7 aromatic rings. The summed E-state index contributed by atoms with van der Waals surface area (Å²) in [4.78, 5) is 10.3. The van der Waals surface area contributed by atoms with Gasteiger partial charge < -0.3 is 9.80 Å². The summed E-state index contributed by atoms with van der Waals surface area (Å²) in [6.07, 6.45) is 8.66. The number of benzene rings is 6. The molecular formula is C55H52N4. The lowest BCUT2D eigenvalue weighted by Gasteiger charge is -2.38. The first-order chi connectivity index (χ1) is 28.8. The summed E-state index contributed by atoms with van der Waals surface area (Å²) in [7, 11) is 0. The zero-order chi connectivity index (χ0) is 40.4. The lowest BCUT2D eigenvalue weighted by Crippen LogP contribution is -2.39. The Bertz CT molecular complexity index is 2760. The maximum absolute atomic E-state index is 5.05. The van der Waals surface area contributed by atoms with Crippen molar-refractivity contribution < 1.29 is 0 Å². The number of aryl methyl sites for hydroxylation is 1. The predicted octanol–water partition coefficient (Wildman–Crippen LogP) is 13.9. The van der Waals surface area contributed by atoms with Crippen molar-refractivity contribution in [2.45, 2.75) is 78.3 Å². The number of fused-ring (bicyclic) bond motifs is 6. The summed E-state index contributed by atoms with van der Waals surface area (Å²) in [6.45, 7) is 13.8. The fourth-order valence-corrected chi connectivity index (χ4v) is 10.1. The molecule has 2 atom stereocenters. The molecule has 0 bridgehead atoms. The van der Waals surface area contributed by atoms with Crippen molar-refractivity contribution in [2.24, 2.45) is 0 Å². The first-order valence-corrected chi connectivity index (χ1v) is 21.4. The van der Waals surface area contributed by atoms with Gasteiger partial charge in [0.05, 0.1) is 22.8 Å². The summed E-state index contributed by atoms with van der Waals surface area (Å²) in [5.41, 5.74) is 21.0. The number of aromatic nitrogens is 2. The van der Waals surface area contributed by atoms with Crippen molar-refractivity contribution in [1.29, 1.82) is 0 Å². The quantitative estimate of drug-likeness (QED) is 0.137. The molecule has 1 aromatic heterocycles. The summed E-state index contributed by atoms with van der Waals surface area (Å²) in [5, 5.41) is 0. The predicted molar refractivity (Wildman–Crippen MR) is 247 cm³/mol. The summed E-state index contributed by atoms with van der Waals surface area (Å²) in [5.74, 6) is 2.14. The molecule has 292 valence electrons. The Kier molecular flexibility index (Phi) is 9.24. The average molecular weight is 769 g/mol. The normalized spacial score (nSPS) is 16.9. The van der Waals surface area contributed by atoms with Gasteiger partial charge in [0.1, 0.15) is 12.0 Å². The van der Waals surface area contributed by atoms with E-state index in [0.29, 0.717) is 17.8 Å². The van der Waals surface area contributed by atoms with E-state index >= 15 is 0 Å². The molecule has 59 heavy (non-hydrogen) atoms. The third-order valence-electron chi connectivity index (χ3n) is 12.9. The van der Waals surface area contributed by atoms with E-state index in [1.807, 2.05) is 6.20 Å². The Hall–Kier alpha value is -6.39. The minimum absolute atomic E-state index is 0.0611. The molecule has 6 aromatic carbocycles. The van der Waals surface area contributed by atoms with Crippen molar-refractivity contribution in [3.05, 3.63) is 203 Å². The third kappa shape index (κ3) is 6.07. The van der Waals surface area contributed by atoms with Gasteiger partial charge in [-0.3, -0.25) is 4.57 Å². The van der Waals surface area contributed by atoms with Gasteiger partial charge in [-0.15, -0.1) is 0 Å². The molecule has 0 fully saturated rings. The van der Waals surface area contributed by atoms with Gasteiger partial charge in [-0.2, -0.15) is 0 Å². The fourth-order valence-electron chi connectivity index (χ4n) is 10.1. The highest BCUT2D eigenvalue weighted by atomic mass is 15.4. The van der Waals surface area contributed by atoms with Crippen LogP contribution in [0.3, 0.4) is 0 Å². The summed E-state index contributed by atoms with van der Waals surface area (Å²) >= 11 is 0. The SMILES string of the molecule is Cc1ccccc1C1=C2c3ccccc3-c3cccc(CC4=CC(c5ccccc5-c5nccn5-c5c(C(C)C)cccc5C(C)C)C4)c3N2C(C)N1c1ccccc1. The van der Waals surface area contributed by atoms with Gasteiger partial charge in [0.15, 0.2) is 0 Å². The van der Waals surface area contributed by atoms with Crippen molar-refractivity contribution >= 4 is 22.8 Å². The van der Waals surface area contributed by atoms with E-state index in [1.54, 1.807) is 0 Å². The Morgan fingerprint density at radius 1 is 0.593 bits per heavy atom. The number of hydrogen-bond acceptors (Lipinski definition) is 3. The zero-order valence-electron chi connectivity index (χ0n) is 35.0. The second-order valence-electron chi connectivity index (χ2n) is 17.2. The number of anilines is 2. The van der Waals surface area contributed by atoms with E-state index in [4.69, 9.17) is 4.98 Å². The summed E-state index contributed by atoms with van der Waals surface area (Å²) in [6, 6.07) is 51.5. The highest BCUT2D eigenvalue weighted by molar-refractivity contribution is 6.14. The lowest BCUT2D eigenvalue weighted by molar-refractivity contribution is 0.711. The van der Waals surface area contributed by atoms with Crippen LogP contribution in [0.25, 0.3) is 39.6 Å². The van der Waals surface area contributed by atoms with Crippen LogP contribution >= 0.6 is 0 Å². The van der Waals surface area contributed by atoms with Crippen molar-refractivity contribution in [3.63, 3.8) is 0 Å². The number of hydrogen-bond donors (Lipinski definition) is 0. The molecule has 4 heteroatoms. The van der Waals surface area contributed by atoms with E-state index < -0.39 is 0 Å². The van der Waals surface area contributed by atoms with Crippen LogP contribution in [0, 0.1) is 6.92 Å². The second kappa shape index (κ2) is 14.8. The van der Waals surface area contributed by atoms with Gasteiger partial charge in [0.2, 0.25) is 0 Å². The molecule has 0 N–H and O–H groups in total. The van der Waals surface area contributed by atoms with Crippen LogP contribution in [0.15, 0.2) is 164 Å². The maximum atomic E-state index is 5.05. The van der Waals surface area contributed by atoms with Crippen molar-refractivity contribution in [3.8, 4) is 28.2 Å². The molecule has 3 aliphatic rings. The molecular weight excluding hydrogens is 717 g/mol. The van der Waals surface area contributed by atoms with Gasteiger partial charge >= 0.3 is 0 Å².